The van der Waals surface area contributed by atoms with Gasteiger partial charge in [-0.25, -0.2) is 0 Å². The minimum atomic E-state index is 0.0954. The van der Waals surface area contributed by atoms with E-state index in [9.17, 15) is 0 Å². The normalized spacial score (nSPS) is 12.2. The Balaban J connectivity index is 3.17. The number of aryl methyl sites for hydroxylation is 1. The van der Waals surface area contributed by atoms with Crippen LogP contribution in [0.5, 0.6) is 5.75 Å². The number of hydrogen-bond acceptors (Lipinski definition) is 1. The lowest BCUT2D eigenvalue weighted by Gasteiger charge is -2.16. The summed E-state index contributed by atoms with van der Waals surface area (Å²) in [6.07, 6.45) is 2.82. The summed E-state index contributed by atoms with van der Waals surface area (Å²) < 4.78 is 5.69. The van der Waals surface area contributed by atoms with Crippen molar-refractivity contribution in [2.45, 2.75) is 26.2 Å². The third kappa shape index (κ3) is 2.62. The van der Waals surface area contributed by atoms with E-state index in [1.165, 1.54) is 5.56 Å². The first-order chi connectivity index (χ1) is 7.24. The quantitative estimate of drug-likeness (QED) is 0.662. The Morgan fingerprint density at radius 3 is 2.67 bits per heavy atom. The van der Waals surface area contributed by atoms with Gasteiger partial charge in [-0.1, -0.05) is 31.2 Å². The summed E-state index contributed by atoms with van der Waals surface area (Å²) >= 11 is 0. The molecule has 0 saturated carbocycles. The van der Waals surface area contributed by atoms with E-state index in [4.69, 9.17) is 4.74 Å². The predicted octanol–water partition coefficient (Wildman–Crippen LogP) is 3.75. The average molecular weight is 203 g/mol. The molecule has 0 bridgehead atoms. The number of hydrogen-bond donors (Lipinski definition) is 0. The van der Waals surface area contributed by atoms with Gasteiger partial charge in [0.25, 0.3) is 0 Å². The minimum Gasteiger partial charge on any atom is -0.493 e. The van der Waals surface area contributed by atoms with Crippen molar-refractivity contribution in [2.24, 2.45) is 0 Å². The average Bonchev–Trinajstić information content (AvgIpc) is 2.28. The Bertz CT molecular complexity index is 328. The molecule has 0 N–H and O–H groups in total. The van der Waals surface area contributed by atoms with Gasteiger partial charge in [-0.05, 0) is 25.8 Å². The summed E-state index contributed by atoms with van der Waals surface area (Å²) in [6.45, 7) is 12.6. The molecule has 1 aromatic rings. The zero-order chi connectivity index (χ0) is 11.3. The van der Waals surface area contributed by atoms with Gasteiger partial charge >= 0.3 is 0 Å². The molecule has 0 aliphatic heterocycles. The van der Waals surface area contributed by atoms with Crippen LogP contribution >= 0.6 is 0 Å². The third-order valence-electron chi connectivity index (χ3n) is 2.48. The zero-order valence-electron chi connectivity index (χ0n) is 9.62. The molecule has 1 nitrogen and oxygen atoms in total. The Morgan fingerprint density at radius 2 is 2.13 bits per heavy atom. The van der Waals surface area contributed by atoms with Crippen LogP contribution in [0.3, 0.4) is 0 Å². The number of rotatable bonds is 5. The summed E-state index contributed by atoms with van der Waals surface area (Å²) in [5.41, 5.74) is 2.37. The minimum absolute atomic E-state index is 0.0954. The van der Waals surface area contributed by atoms with Gasteiger partial charge in [0, 0.05) is 11.5 Å². The number of allylic oxidation sites excluding steroid dienone is 1. The van der Waals surface area contributed by atoms with Crippen LogP contribution in [0.15, 0.2) is 30.9 Å². The highest BCUT2D eigenvalue weighted by Crippen LogP contribution is 2.31. The molecule has 0 fully saturated rings. The van der Waals surface area contributed by atoms with Crippen molar-refractivity contribution in [2.75, 3.05) is 6.61 Å². The molecule has 1 rings (SSSR count). The molecule has 0 heterocycles. The van der Waals surface area contributed by atoms with Crippen LogP contribution in [0.4, 0.5) is 0 Å². The monoisotopic (exact) mass is 203 g/mol. The lowest BCUT2D eigenvalue weighted by atomic mass is 9.97. The third-order valence-corrected chi connectivity index (χ3v) is 2.48. The van der Waals surface area contributed by atoms with Crippen LogP contribution in [0.1, 0.15) is 30.9 Å². The van der Waals surface area contributed by atoms with Crippen LogP contribution in [0.25, 0.3) is 0 Å². The smallest absolute Gasteiger partial charge is 0.126 e. The van der Waals surface area contributed by atoms with Crippen LogP contribution in [0, 0.1) is 6.92 Å². The molecule has 1 unspecified atom stereocenters. The first-order valence-corrected chi connectivity index (χ1v) is 5.44. The second kappa shape index (κ2) is 5.59. The van der Waals surface area contributed by atoms with Gasteiger partial charge in [0.05, 0.1) is 6.61 Å². The molecule has 81 valence electrons. The van der Waals surface area contributed by atoms with E-state index in [1.54, 1.807) is 0 Å². The Kier molecular flexibility index (Phi) is 4.41. The molecule has 0 aliphatic carbocycles. The fourth-order valence-corrected chi connectivity index (χ4v) is 1.62. The summed E-state index contributed by atoms with van der Waals surface area (Å²) in [5.74, 6) is 1.08. The zero-order valence-corrected chi connectivity index (χ0v) is 9.62. The number of para-hydroxylation sites is 1. The fourth-order valence-electron chi connectivity index (χ4n) is 1.62. The Hall–Kier alpha value is -1.24. The van der Waals surface area contributed by atoms with E-state index >= 15 is 0 Å². The number of ether oxygens (including phenoxy) is 1. The van der Waals surface area contributed by atoms with Gasteiger partial charge in [0.1, 0.15) is 5.75 Å². The van der Waals surface area contributed by atoms with Crippen LogP contribution in [-0.2, 0) is 6.42 Å². The summed E-state index contributed by atoms with van der Waals surface area (Å²) in [5, 5.41) is 0. The maximum atomic E-state index is 5.69. The predicted molar refractivity (Wildman–Crippen MR) is 65.3 cm³/mol. The first-order valence-electron chi connectivity index (χ1n) is 5.44. The van der Waals surface area contributed by atoms with Crippen LogP contribution in [-0.4, -0.2) is 6.61 Å². The molecule has 1 radical (unpaired) electrons. The SMILES string of the molecule is [CH2]C(C=C)c1cccc(CC)c1OCC. The maximum absolute atomic E-state index is 5.69. The summed E-state index contributed by atoms with van der Waals surface area (Å²) in [6, 6.07) is 6.21. The van der Waals surface area contributed by atoms with E-state index in [1.807, 2.05) is 13.0 Å². The maximum Gasteiger partial charge on any atom is 0.126 e. The van der Waals surface area contributed by atoms with Crippen molar-refractivity contribution < 1.29 is 4.74 Å². The number of benzene rings is 1. The van der Waals surface area contributed by atoms with Crippen molar-refractivity contribution in [3.63, 3.8) is 0 Å². The van der Waals surface area contributed by atoms with Crippen molar-refractivity contribution in [3.8, 4) is 5.75 Å². The molecular weight excluding hydrogens is 184 g/mol. The van der Waals surface area contributed by atoms with Crippen molar-refractivity contribution >= 4 is 0 Å². The highest BCUT2D eigenvalue weighted by Gasteiger charge is 2.11. The molecular formula is C14H19O. The van der Waals surface area contributed by atoms with Gasteiger partial charge in [-0.2, -0.15) is 0 Å². The second-order valence-electron chi connectivity index (χ2n) is 3.46. The first kappa shape index (κ1) is 11.8. The topological polar surface area (TPSA) is 9.23 Å². The molecule has 0 saturated heterocycles. The van der Waals surface area contributed by atoms with E-state index in [-0.39, 0.29) is 5.92 Å². The Labute approximate surface area is 92.8 Å². The summed E-state index contributed by atoms with van der Waals surface area (Å²) in [7, 11) is 0. The lowest BCUT2D eigenvalue weighted by Crippen LogP contribution is -2.02. The molecule has 15 heavy (non-hydrogen) atoms. The summed E-state index contributed by atoms with van der Waals surface area (Å²) in [4.78, 5) is 0. The van der Waals surface area contributed by atoms with Gasteiger partial charge < -0.3 is 4.74 Å². The van der Waals surface area contributed by atoms with Gasteiger partial charge in [0.2, 0.25) is 0 Å². The lowest BCUT2D eigenvalue weighted by molar-refractivity contribution is 0.333. The van der Waals surface area contributed by atoms with E-state index in [2.05, 4.69) is 38.6 Å². The van der Waals surface area contributed by atoms with Gasteiger partial charge in [-0.3, -0.25) is 0 Å². The van der Waals surface area contributed by atoms with Crippen LogP contribution in [0.2, 0.25) is 0 Å². The molecule has 1 heteroatoms. The van der Waals surface area contributed by atoms with Crippen molar-refractivity contribution in [3.05, 3.63) is 48.9 Å². The second-order valence-corrected chi connectivity index (χ2v) is 3.46. The van der Waals surface area contributed by atoms with Gasteiger partial charge in [0.15, 0.2) is 0 Å². The molecule has 1 atom stereocenters. The fraction of sp³-hybridized carbons (Fsp3) is 0.357. The molecule has 0 amide bonds. The molecule has 1 aromatic carbocycles. The van der Waals surface area contributed by atoms with Crippen molar-refractivity contribution in [1.29, 1.82) is 0 Å². The van der Waals surface area contributed by atoms with Gasteiger partial charge in [-0.15, -0.1) is 6.58 Å². The van der Waals surface area contributed by atoms with Crippen molar-refractivity contribution in [1.82, 2.24) is 0 Å². The Morgan fingerprint density at radius 1 is 1.40 bits per heavy atom. The van der Waals surface area contributed by atoms with E-state index in [0.717, 1.165) is 17.7 Å². The van der Waals surface area contributed by atoms with Crippen LogP contribution < -0.4 is 4.74 Å². The molecule has 0 aromatic heterocycles. The molecule has 0 aliphatic rings. The molecule has 0 spiro atoms. The van der Waals surface area contributed by atoms with E-state index in [0.29, 0.717) is 6.61 Å². The largest absolute Gasteiger partial charge is 0.493 e. The highest BCUT2D eigenvalue weighted by molar-refractivity contribution is 5.45. The standard InChI is InChI=1S/C14H19O/c1-5-11(4)13-10-8-9-12(6-2)14(13)15-7-3/h5,8-11H,1,4,6-7H2,2-3H3. The van der Waals surface area contributed by atoms with E-state index < -0.39 is 0 Å². The highest BCUT2D eigenvalue weighted by atomic mass is 16.5.